The normalized spacial score (nSPS) is 21.4. The van der Waals surface area contributed by atoms with Crippen molar-refractivity contribution in [3.05, 3.63) is 53.7 Å². The molecule has 0 spiro atoms. The van der Waals surface area contributed by atoms with Crippen molar-refractivity contribution >= 4 is 17.6 Å². The van der Waals surface area contributed by atoms with Crippen molar-refractivity contribution in [1.82, 2.24) is 15.6 Å². The van der Waals surface area contributed by atoms with Crippen molar-refractivity contribution in [3.63, 3.8) is 0 Å². The van der Waals surface area contributed by atoms with Crippen LogP contribution in [0.3, 0.4) is 0 Å². The molecule has 0 aliphatic carbocycles. The number of rotatable bonds is 7. The summed E-state index contributed by atoms with van der Waals surface area (Å²) in [4.78, 5) is 32.3. The highest BCUT2D eigenvalue weighted by atomic mass is 19.4. The average molecular weight is 559 g/mol. The number of carbonyl (C=O) groups excluding carboxylic acids is 2. The van der Waals surface area contributed by atoms with Crippen LogP contribution in [0.1, 0.15) is 61.9 Å². The van der Waals surface area contributed by atoms with Gasteiger partial charge in [0, 0.05) is 12.2 Å². The van der Waals surface area contributed by atoms with E-state index in [1.807, 2.05) is 5.32 Å². The molecule has 2 aromatic rings. The molecule has 2 bridgehead atoms. The van der Waals surface area contributed by atoms with Gasteiger partial charge >= 0.3 is 12.4 Å². The summed E-state index contributed by atoms with van der Waals surface area (Å²) in [6.45, 7) is 1.18. The predicted octanol–water partition coefficient (Wildman–Crippen LogP) is 5.22. The van der Waals surface area contributed by atoms with E-state index in [0.29, 0.717) is 32.1 Å². The fourth-order valence-electron chi connectivity index (χ4n) is 5.23. The second-order valence-electron chi connectivity index (χ2n) is 10.2. The fourth-order valence-corrected chi connectivity index (χ4v) is 5.23. The lowest BCUT2D eigenvalue weighted by Gasteiger charge is -2.47. The molecule has 212 valence electrons. The van der Waals surface area contributed by atoms with E-state index in [9.17, 15) is 35.9 Å². The Morgan fingerprint density at radius 3 is 2.46 bits per heavy atom. The van der Waals surface area contributed by atoms with Crippen LogP contribution in [0.25, 0.3) is 0 Å². The van der Waals surface area contributed by atoms with Gasteiger partial charge in [0.2, 0.25) is 0 Å². The monoisotopic (exact) mass is 558 g/mol. The minimum atomic E-state index is -4.69. The Morgan fingerprint density at radius 2 is 1.77 bits per heavy atom. The van der Waals surface area contributed by atoms with E-state index in [0.717, 1.165) is 12.1 Å². The SMILES string of the molecule is CC(C)(Oc1ccccc1C(F)(F)F)C(=O)NC12CCCC(CC1)N2c1ncccc1C(=O)NCC(F)(F)F. The number of carbonyl (C=O) groups is 2. The summed E-state index contributed by atoms with van der Waals surface area (Å²) in [5, 5.41) is 4.80. The third kappa shape index (κ3) is 6.06. The number of benzene rings is 1. The van der Waals surface area contributed by atoms with Gasteiger partial charge in [-0.25, -0.2) is 4.98 Å². The molecular formula is C26H28F6N4O3. The molecule has 2 N–H and O–H groups in total. The summed E-state index contributed by atoms with van der Waals surface area (Å²) in [6.07, 6.45) is -4.99. The third-order valence-corrected chi connectivity index (χ3v) is 7.00. The Bertz CT molecular complexity index is 1230. The largest absolute Gasteiger partial charge is 0.477 e. The van der Waals surface area contributed by atoms with Crippen molar-refractivity contribution in [2.75, 3.05) is 11.4 Å². The number of hydrogen-bond donors (Lipinski definition) is 2. The Balaban J connectivity index is 1.62. The Labute approximate surface area is 220 Å². The van der Waals surface area contributed by atoms with Crippen LogP contribution in [0.5, 0.6) is 5.75 Å². The van der Waals surface area contributed by atoms with Gasteiger partial charge < -0.3 is 20.3 Å². The molecule has 2 aliphatic heterocycles. The second-order valence-corrected chi connectivity index (χ2v) is 10.2. The smallest absolute Gasteiger partial charge is 0.419 e. The molecule has 1 aromatic carbocycles. The molecule has 2 atom stereocenters. The zero-order valence-corrected chi connectivity index (χ0v) is 21.2. The number of nitrogens with one attached hydrogen (secondary N) is 2. The Morgan fingerprint density at radius 1 is 1.05 bits per heavy atom. The zero-order valence-electron chi connectivity index (χ0n) is 21.2. The summed E-state index contributed by atoms with van der Waals surface area (Å²) in [7, 11) is 0. The van der Waals surface area contributed by atoms with Crippen LogP contribution in [0.4, 0.5) is 32.2 Å². The number of piperidine rings is 1. The van der Waals surface area contributed by atoms with Gasteiger partial charge in [-0.3, -0.25) is 9.59 Å². The Kier molecular flexibility index (Phi) is 7.48. The first kappa shape index (κ1) is 28.5. The first-order chi connectivity index (χ1) is 18.1. The van der Waals surface area contributed by atoms with E-state index in [4.69, 9.17) is 4.74 Å². The number of amides is 2. The number of ether oxygens (including phenoxy) is 1. The van der Waals surface area contributed by atoms with Gasteiger partial charge in [-0.15, -0.1) is 0 Å². The summed E-state index contributed by atoms with van der Waals surface area (Å²) < 4.78 is 84.2. The number of fused-ring (bicyclic) bond motifs is 2. The van der Waals surface area contributed by atoms with E-state index >= 15 is 0 Å². The fraction of sp³-hybridized carbons (Fsp3) is 0.500. The lowest BCUT2D eigenvalue weighted by molar-refractivity contribution is -0.144. The van der Waals surface area contributed by atoms with Crippen LogP contribution in [0.15, 0.2) is 42.6 Å². The highest BCUT2D eigenvalue weighted by Gasteiger charge is 2.53. The maximum atomic E-state index is 13.5. The second kappa shape index (κ2) is 10.2. The Hall–Kier alpha value is -3.51. The van der Waals surface area contributed by atoms with Crippen molar-refractivity contribution in [3.8, 4) is 5.75 Å². The molecule has 13 heteroatoms. The molecule has 2 saturated heterocycles. The average Bonchev–Trinajstić information content (AvgIpc) is 3.05. The van der Waals surface area contributed by atoms with Crippen LogP contribution in [0, 0.1) is 0 Å². The molecule has 4 rings (SSSR count). The van der Waals surface area contributed by atoms with Crippen molar-refractivity contribution in [1.29, 1.82) is 0 Å². The van der Waals surface area contributed by atoms with Crippen LogP contribution in [0.2, 0.25) is 0 Å². The number of para-hydroxylation sites is 1. The molecule has 0 radical (unpaired) electrons. The van der Waals surface area contributed by atoms with E-state index < -0.39 is 53.3 Å². The molecule has 2 unspecified atom stereocenters. The molecule has 2 amide bonds. The molecule has 0 saturated carbocycles. The van der Waals surface area contributed by atoms with Gasteiger partial charge in [0.1, 0.15) is 23.8 Å². The highest BCUT2D eigenvalue weighted by Crippen LogP contribution is 2.46. The topological polar surface area (TPSA) is 83.6 Å². The van der Waals surface area contributed by atoms with Gasteiger partial charge in [-0.2, -0.15) is 26.3 Å². The van der Waals surface area contributed by atoms with Gasteiger partial charge in [-0.05, 0) is 70.2 Å². The van der Waals surface area contributed by atoms with Crippen LogP contribution >= 0.6 is 0 Å². The van der Waals surface area contributed by atoms with Gasteiger partial charge in [-0.1, -0.05) is 12.1 Å². The number of anilines is 1. The number of hydrogen-bond acceptors (Lipinski definition) is 5. The molecule has 1 aromatic heterocycles. The number of halogens is 6. The minimum Gasteiger partial charge on any atom is -0.477 e. The molecule has 2 aliphatic rings. The number of alkyl halides is 6. The van der Waals surface area contributed by atoms with Crippen molar-refractivity contribution < 1.29 is 40.7 Å². The quantitative estimate of drug-likeness (QED) is 0.456. The molecule has 39 heavy (non-hydrogen) atoms. The number of aromatic nitrogens is 1. The van der Waals surface area contributed by atoms with Crippen LogP contribution < -0.4 is 20.3 Å². The van der Waals surface area contributed by atoms with Crippen LogP contribution in [-0.4, -0.2) is 46.8 Å². The molecule has 7 nitrogen and oxygen atoms in total. The highest BCUT2D eigenvalue weighted by molar-refractivity contribution is 5.99. The van der Waals surface area contributed by atoms with Gasteiger partial charge in [0.05, 0.1) is 11.1 Å². The lowest BCUT2D eigenvalue weighted by atomic mass is 9.94. The van der Waals surface area contributed by atoms with Crippen LogP contribution in [-0.2, 0) is 11.0 Å². The molecule has 2 fully saturated rings. The number of pyridine rings is 1. The van der Waals surface area contributed by atoms with Crippen molar-refractivity contribution in [2.24, 2.45) is 0 Å². The lowest BCUT2D eigenvalue weighted by Crippen LogP contribution is -2.65. The maximum absolute atomic E-state index is 13.5. The maximum Gasteiger partial charge on any atom is 0.419 e. The molecule has 3 heterocycles. The standard InChI is InChI=1S/C26H28F6N4O3/c1-23(2,39-19-10-4-3-9-18(19)26(30,31)32)22(38)35-24-12-5-7-16(11-13-24)36(24)20-17(8-6-14-33-20)21(37)34-15-25(27,28)29/h3-4,6,8-10,14,16H,5,7,11-13,15H2,1-2H3,(H,34,37)(H,35,38). The first-order valence-corrected chi connectivity index (χ1v) is 12.4. The zero-order chi connectivity index (χ0) is 28.6. The predicted molar refractivity (Wildman–Crippen MR) is 129 cm³/mol. The third-order valence-electron chi connectivity index (χ3n) is 7.00. The van der Waals surface area contributed by atoms with E-state index in [-0.39, 0.29) is 17.4 Å². The van der Waals surface area contributed by atoms with E-state index in [2.05, 4.69) is 10.3 Å². The summed E-state index contributed by atoms with van der Waals surface area (Å²) in [5.74, 6) is -2.03. The number of nitrogens with zero attached hydrogens (tertiary/aromatic N) is 2. The van der Waals surface area contributed by atoms with Gasteiger partial charge in [0.25, 0.3) is 11.8 Å². The van der Waals surface area contributed by atoms with E-state index in [1.54, 1.807) is 4.90 Å². The van der Waals surface area contributed by atoms with Crippen molar-refractivity contribution in [2.45, 2.75) is 75.6 Å². The first-order valence-electron chi connectivity index (χ1n) is 12.4. The summed E-state index contributed by atoms with van der Waals surface area (Å²) in [6, 6.07) is 7.21. The minimum absolute atomic E-state index is 0.0798. The van der Waals surface area contributed by atoms with E-state index in [1.165, 1.54) is 44.3 Å². The summed E-state index contributed by atoms with van der Waals surface area (Å²) in [5.41, 5.74) is -3.89. The van der Waals surface area contributed by atoms with Gasteiger partial charge in [0.15, 0.2) is 5.60 Å². The summed E-state index contributed by atoms with van der Waals surface area (Å²) >= 11 is 0. The molecular weight excluding hydrogens is 530 g/mol.